The molecule has 1 aromatic carbocycles. The van der Waals surface area contributed by atoms with Crippen LogP contribution in [0.4, 0.5) is 0 Å². The second-order valence-corrected chi connectivity index (χ2v) is 7.38. The molecule has 7 heteroatoms. The molecule has 0 bridgehead atoms. The van der Waals surface area contributed by atoms with E-state index in [4.69, 9.17) is 4.42 Å². The fraction of sp³-hybridized carbons (Fsp3) is 0.450. The van der Waals surface area contributed by atoms with Crippen molar-refractivity contribution in [2.75, 3.05) is 19.3 Å². The first-order valence-corrected chi connectivity index (χ1v) is 10.0. The SMILES string of the molecule is CCNC(=NCc1ccc(SC)cc1)NCC(C)(O)c1cc(C)oc1C.I. The summed E-state index contributed by atoms with van der Waals surface area (Å²) in [6.07, 6.45) is 2.06. The van der Waals surface area contributed by atoms with Crippen LogP contribution in [0.3, 0.4) is 0 Å². The molecule has 3 N–H and O–H groups in total. The molecular weight excluding hydrogens is 473 g/mol. The van der Waals surface area contributed by atoms with Crippen LogP contribution in [0.1, 0.15) is 36.5 Å². The molecule has 150 valence electrons. The summed E-state index contributed by atoms with van der Waals surface area (Å²) in [6.45, 7) is 9.22. The number of halogens is 1. The van der Waals surface area contributed by atoms with Gasteiger partial charge < -0.3 is 20.2 Å². The van der Waals surface area contributed by atoms with Gasteiger partial charge in [-0.1, -0.05) is 12.1 Å². The smallest absolute Gasteiger partial charge is 0.191 e. The number of aliphatic hydroxyl groups is 1. The molecule has 0 spiro atoms. The number of aryl methyl sites for hydroxylation is 2. The monoisotopic (exact) mass is 503 g/mol. The summed E-state index contributed by atoms with van der Waals surface area (Å²) in [5.41, 5.74) is 0.900. The molecule has 1 unspecified atom stereocenters. The van der Waals surface area contributed by atoms with Gasteiger partial charge in [-0.3, -0.25) is 0 Å². The van der Waals surface area contributed by atoms with Gasteiger partial charge in [-0.05, 0) is 57.7 Å². The highest BCUT2D eigenvalue weighted by Crippen LogP contribution is 2.26. The lowest BCUT2D eigenvalue weighted by atomic mass is 9.96. The van der Waals surface area contributed by atoms with Gasteiger partial charge in [-0.25, -0.2) is 4.99 Å². The Hall–Kier alpha value is -1.19. The van der Waals surface area contributed by atoms with E-state index < -0.39 is 5.60 Å². The Balaban J connectivity index is 0.00000364. The quantitative estimate of drug-likeness (QED) is 0.229. The molecule has 0 aliphatic rings. The van der Waals surface area contributed by atoms with Gasteiger partial charge in [0.15, 0.2) is 5.96 Å². The van der Waals surface area contributed by atoms with Crippen molar-refractivity contribution in [3.05, 3.63) is 53.0 Å². The highest BCUT2D eigenvalue weighted by atomic mass is 127. The molecule has 27 heavy (non-hydrogen) atoms. The lowest BCUT2D eigenvalue weighted by molar-refractivity contribution is 0.0601. The number of furan rings is 1. The Morgan fingerprint density at radius 2 is 1.89 bits per heavy atom. The summed E-state index contributed by atoms with van der Waals surface area (Å²) < 4.78 is 5.54. The van der Waals surface area contributed by atoms with Gasteiger partial charge in [-0.2, -0.15) is 0 Å². The van der Waals surface area contributed by atoms with E-state index in [9.17, 15) is 5.11 Å². The normalized spacial score (nSPS) is 13.6. The summed E-state index contributed by atoms with van der Waals surface area (Å²) in [6, 6.07) is 10.3. The zero-order valence-electron chi connectivity index (χ0n) is 16.6. The number of benzene rings is 1. The predicted octanol–water partition coefficient (Wildman–Crippen LogP) is 4.20. The van der Waals surface area contributed by atoms with E-state index in [0.29, 0.717) is 19.0 Å². The Morgan fingerprint density at radius 3 is 2.41 bits per heavy atom. The maximum atomic E-state index is 10.8. The molecule has 0 saturated heterocycles. The molecule has 0 amide bonds. The molecule has 2 rings (SSSR count). The van der Waals surface area contributed by atoms with Crippen molar-refractivity contribution < 1.29 is 9.52 Å². The van der Waals surface area contributed by atoms with Crippen LogP contribution < -0.4 is 10.6 Å². The van der Waals surface area contributed by atoms with Crippen molar-refractivity contribution in [3.63, 3.8) is 0 Å². The zero-order chi connectivity index (χ0) is 19.2. The van der Waals surface area contributed by atoms with Crippen LogP contribution in [-0.4, -0.2) is 30.4 Å². The molecule has 1 atom stereocenters. The third-order valence-corrected chi connectivity index (χ3v) is 4.89. The highest BCUT2D eigenvalue weighted by Gasteiger charge is 2.27. The molecule has 5 nitrogen and oxygen atoms in total. The molecule has 1 heterocycles. The number of nitrogens with zero attached hydrogens (tertiary/aromatic N) is 1. The van der Waals surface area contributed by atoms with Crippen molar-refractivity contribution in [1.82, 2.24) is 10.6 Å². The number of aliphatic imine (C=N–C) groups is 1. The number of thioether (sulfide) groups is 1. The van der Waals surface area contributed by atoms with E-state index >= 15 is 0 Å². The van der Waals surface area contributed by atoms with Gasteiger partial charge in [0.2, 0.25) is 0 Å². The first-order valence-electron chi connectivity index (χ1n) is 8.80. The zero-order valence-corrected chi connectivity index (χ0v) is 19.8. The van der Waals surface area contributed by atoms with E-state index in [0.717, 1.165) is 29.2 Å². The number of nitrogens with one attached hydrogen (secondary N) is 2. The Morgan fingerprint density at radius 1 is 1.22 bits per heavy atom. The van der Waals surface area contributed by atoms with Crippen LogP contribution in [-0.2, 0) is 12.1 Å². The molecule has 0 fully saturated rings. The Kier molecular flexibility index (Phi) is 9.69. The average Bonchev–Trinajstić information content (AvgIpc) is 2.97. The van der Waals surface area contributed by atoms with Gasteiger partial charge in [0.05, 0.1) is 13.1 Å². The maximum Gasteiger partial charge on any atom is 0.191 e. The summed E-state index contributed by atoms with van der Waals surface area (Å²) in [5, 5.41) is 17.3. The highest BCUT2D eigenvalue weighted by molar-refractivity contribution is 14.0. The lowest BCUT2D eigenvalue weighted by Gasteiger charge is -2.24. The Labute approximate surface area is 183 Å². The van der Waals surface area contributed by atoms with E-state index in [1.165, 1.54) is 4.90 Å². The minimum Gasteiger partial charge on any atom is -0.466 e. The molecule has 0 saturated carbocycles. The number of rotatable bonds is 7. The van der Waals surface area contributed by atoms with Gasteiger partial charge in [0.1, 0.15) is 17.1 Å². The number of guanidine groups is 1. The third kappa shape index (κ3) is 7.04. The van der Waals surface area contributed by atoms with Crippen molar-refractivity contribution in [3.8, 4) is 0 Å². The summed E-state index contributed by atoms with van der Waals surface area (Å²) >= 11 is 1.73. The Bertz CT molecular complexity index is 742. The first-order chi connectivity index (χ1) is 12.4. The largest absolute Gasteiger partial charge is 0.466 e. The molecule has 0 radical (unpaired) electrons. The van der Waals surface area contributed by atoms with Crippen LogP contribution in [0.2, 0.25) is 0 Å². The molecular formula is C20H30IN3O2S. The van der Waals surface area contributed by atoms with E-state index in [1.54, 1.807) is 18.7 Å². The lowest BCUT2D eigenvalue weighted by Crippen LogP contribution is -2.44. The van der Waals surface area contributed by atoms with E-state index in [1.807, 2.05) is 26.8 Å². The van der Waals surface area contributed by atoms with Crippen LogP contribution >= 0.6 is 35.7 Å². The van der Waals surface area contributed by atoms with Crippen molar-refractivity contribution in [1.29, 1.82) is 0 Å². The van der Waals surface area contributed by atoms with Gasteiger partial charge in [-0.15, -0.1) is 35.7 Å². The van der Waals surface area contributed by atoms with E-state index in [-0.39, 0.29) is 24.0 Å². The maximum absolute atomic E-state index is 10.8. The first kappa shape index (κ1) is 23.8. The standard InChI is InChI=1S/C20H29N3O2S.HI/c1-6-21-19(22-12-16-7-9-17(26-5)10-8-16)23-13-20(4,24)18-11-14(2)25-15(18)3;/h7-11,24H,6,12-13H2,1-5H3,(H2,21,22,23);1H. The van der Waals surface area contributed by atoms with Gasteiger partial charge in [0, 0.05) is 17.0 Å². The summed E-state index contributed by atoms with van der Waals surface area (Å²) in [4.78, 5) is 5.86. The fourth-order valence-electron chi connectivity index (χ4n) is 2.76. The second-order valence-electron chi connectivity index (χ2n) is 6.50. The number of hydrogen-bond donors (Lipinski definition) is 3. The molecule has 2 aromatic rings. The van der Waals surface area contributed by atoms with Crippen LogP contribution in [0.5, 0.6) is 0 Å². The summed E-state index contributed by atoms with van der Waals surface area (Å²) in [7, 11) is 0. The average molecular weight is 503 g/mol. The van der Waals surface area contributed by atoms with E-state index in [2.05, 4.69) is 46.1 Å². The predicted molar refractivity (Wildman–Crippen MR) is 124 cm³/mol. The number of hydrogen-bond acceptors (Lipinski definition) is 4. The minimum absolute atomic E-state index is 0. The van der Waals surface area contributed by atoms with Crippen LogP contribution in [0, 0.1) is 13.8 Å². The minimum atomic E-state index is -1.04. The molecule has 1 aromatic heterocycles. The van der Waals surface area contributed by atoms with Crippen molar-refractivity contribution in [2.45, 2.75) is 44.7 Å². The van der Waals surface area contributed by atoms with Crippen molar-refractivity contribution >= 4 is 41.7 Å². The van der Waals surface area contributed by atoms with Gasteiger partial charge in [0.25, 0.3) is 0 Å². The fourth-order valence-corrected chi connectivity index (χ4v) is 3.17. The van der Waals surface area contributed by atoms with Crippen molar-refractivity contribution in [2.24, 2.45) is 4.99 Å². The molecule has 0 aliphatic carbocycles. The van der Waals surface area contributed by atoms with Gasteiger partial charge >= 0.3 is 0 Å². The second kappa shape index (κ2) is 11.0. The summed E-state index contributed by atoms with van der Waals surface area (Å²) in [5.74, 6) is 2.22. The molecule has 0 aliphatic heterocycles. The van der Waals surface area contributed by atoms with Crippen LogP contribution in [0.25, 0.3) is 0 Å². The van der Waals surface area contributed by atoms with Crippen LogP contribution in [0.15, 0.2) is 44.6 Å². The topological polar surface area (TPSA) is 69.8 Å². The third-order valence-electron chi connectivity index (χ3n) is 4.14.